The van der Waals surface area contributed by atoms with Gasteiger partial charge >= 0.3 is 5.97 Å². The van der Waals surface area contributed by atoms with Crippen molar-refractivity contribution < 1.29 is 52.8 Å². The Bertz CT molecular complexity index is 1570. The third-order valence-corrected chi connectivity index (χ3v) is 12.8. The van der Waals surface area contributed by atoms with E-state index in [9.17, 15) is 24.6 Å². The van der Waals surface area contributed by atoms with Crippen molar-refractivity contribution >= 4 is 17.7 Å². The summed E-state index contributed by atoms with van der Waals surface area (Å²) in [6.45, 7) is 12.0. The maximum atomic E-state index is 14.4. The van der Waals surface area contributed by atoms with Gasteiger partial charge in [-0.15, -0.1) is 0 Å². The zero-order valence-electron chi connectivity index (χ0n) is 34.9. The topological polar surface area (TPSA) is 167 Å². The van der Waals surface area contributed by atoms with Crippen LogP contribution in [0.3, 0.4) is 0 Å². The number of hydrogen-bond donors (Lipinski definition) is 2. The van der Waals surface area contributed by atoms with Gasteiger partial charge in [-0.05, 0) is 95.5 Å². The van der Waals surface area contributed by atoms with E-state index in [0.717, 1.165) is 30.4 Å². The molecule has 0 aromatic carbocycles. The number of aromatic nitrogens is 1. The fourth-order valence-electron chi connectivity index (χ4n) is 9.43. The maximum absolute atomic E-state index is 14.4. The number of ether oxygens (including phenoxy) is 5. The number of piperidine rings is 1. The molecule has 3 aliphatic heterocycles. The fraction of sp³-hybridized carbons (Fsp3) is 0.773. The van der Waals surface area contributed by atoms with E-state index in [1.165, 1.54) is 4.90 Å². The van der Waals surface area contributed by atoms with Gasteiger partial charge in [-0.25, -0.2) is 4.79 Å². The fourth-order valence-corrected chi connectivity index (χ4v) is 9.43. The van der Waals surface area contributed by atoms with Crippen molar-refractivity contribution in [3.8, 4) is 0 Å². The number of Topliss-reactive ketones (excluding diaryl/α,β-unsaturated/α-hetero) is 1. The number of allylic oxidation sites excluding steroid dienone is 3. The summed E-state index contributed by atoms with van der Waals surface area (Å²) < 4.78 is 36.0. The van der Waals surface area contributed by atoms with Gasteiger partial charge in [0.05, 0.1) is 30.1 Å². The molecule has 4 bridgehead atoms. The molecule has 4 aliphatic rings. The number of aliphatic hydroxyl groups excluding tert-OH is 1. The van der Waals surface area contributed by atoms with Gasteiger partial charge in [0.1, 0.15) is 24.0 Å². The first kappa shape index (κ1) is 46.7. The highest BCUT2D eigenvalue weighted by Gasteiger charge is 2.56. The average Bonchev–Trinajstić information content (AvgIpc) is 3.68. The van der Waals surface area contributed by atoms with Crippen molar-refractivity contribution in [2.24, 2.45) is 17.8 Å². The van der Waals surface area contributed by atoms with E-state index in [-0.39, 0.29) is 44.2 Å². The number of carbonyl (C=O) groups excluding carboxylic acids is 3. The van der Waals surface area contributed by atoms with Crippen molar-refractivity contribution in [3.63, 3.8) is 0 Å². The molecule has 4 heterocycles. The van der Waals surface area contributed by atoms with E-state index >= 15 is 0 Å². The van der Waals surface area contributed by atoms with Crippen molar-refractivity contribution in [3.05, 3.63) is 40.8 Å². The summed E-state index contributed by atoms with van der Waals surface area (Å²) in [5.74, 6) is -5.54. The molecule has 57 heavy (non-hydrogen) atoms. The van der Waals surface area contributed by atoms with Gasteiger partial charge in [-0.3, -0.25) is 9.59 Å². The van der Waals surface area contributed by atoms with Gasteiger partial charge in [0.15, 0.2) is 0 Å². The molecule has 1 saturated carbocycles. The summed E-state index contributed by atoms with van der Waals surface area (Å²) in [4.78, 5) is 44.1. The summed E-state index contributed by atoms with van der Waals surface area (Å²) in [5.41, 5.74) is 2.59. The molecular weight excluding hydrogens is 732 g/mol. The van der Waals surface area contributed by atoms with Gasteiger partial charge < -0.3 is 43.3 Å². The number of rotatable bonds is 6. The number of methoxy groups -OCH3 is 3. The standard InChI is InChI=1S/C43H66N2O11.CH4/c1-10-30-18-24(2)17-25(3)19-36(52-8)39-37(53-9)21-27(5)43(50,55-39)40(47)41(48)45-16-12-11-13-32(45)42(49)54-38(28(6)31-23-34(30)56-44-31)26(4)20-29-14-15-33(46)35(22-29)51-7;/h18,20,23,25,27-30,32-33,35-39,46,50H,10-17,19,21-22H2,1-9H3;1H4/b24-18+,26-20+;/t25-,27+,28+,29-,30+,32-,33+,35+,36-,37-,38+,39+,43+;/m0./s1. The first-order valence-corrected chi connectivity index (χ1v) is 20.7. The summed E-state index contributed by atoms with van der Waals surface area (Å²) in [5, 5.41) is 27.0. The molecule has 13 atom stereocenters. The van der Waals surface area contributed by atoms with E-state index in [2.05, 4.69) is 38.1 Å². The second-order valence-corrected chi connectivity index (χ2v) is 17.0. The highest BCUT2D eigenvalue weighted by atomic mass is 16.7. The van der Waals surface area contributed by atoms with Crippen LogP contribution in [-0.2, 0) is 38.1 Å². The number of nitrogens with zero attached hydrogens (tertiary/aromatic N) is 2. The molecule has 3 fully saturated rings. The molecular formula is C44H70N2O11. The summed E-state index contributed by atoms with van der Waals surface area (Å²) in [6, 6.07) is 0.892. The van der Waals surface area contributed by atoms with Gasteiger partial charge in [-0.2, -0.15) is 0 Å². The number of amides is 1. The Hall–Kier alpha value is -2.94. The predicted molar refractivity (Wildman–Crippen MR) is 214 cm³/mol. The predicted octanol–water partition coefficient (Wildman–Crippen LogP) is 6.41. The monoisotopic (exact) mass is 802 g/mol. The highest BCUT2D eigenvalue weighted by molar-refractivity contribution is 6.39. The van der Waals surface area contributed by atoms with Crippen LogP contribution in [0.4, 0.5) is 0 Å². The number of aliphatic hydroxyl groups is 2. The van der Waals surface area contributed by atoms with E-state index in [4.69, 9.17) is 28.2 Å². The van der Waals surface area contributed by atoms with Crippen LogP contribution in [0.1, 0.15) is 136 Å². The highest BCUT2D eigenvalue weighted by Crippen LogP contribution is 2.40. The zero-order chi connectivity index (χ0) is 40.9. The van der Waals surface area contributed by atoms with Crippen LogP contribution in [0.5, 0.6) is 0 Å². The Morgan fingerprint density at radius 1 is 1.00 bits per heavy atom. The summed E-state index contributed by atoms with van der Waals surface area (Å²) in [6.07, 6.45) is 6.59. The SMILES string of the molecule is C.CC[C@@H]1/C=C(\C)C[C@H](C)C[C@H](OC)[C@H]2O[C@@](O)(C(=O)C(=O)N3CCCC[C@H]3C(=O)O[C@H](/C(C)=C/[C@@H]3CC[C@@H](O)[C@H](OC)C3)[C@H](C)c3cc1on3)[C@H](C)C[C@@H]2OC. The number of hydrogen-bond acceptors (Lipinski definition) is 12. The lowest BCUT2D eigenvalue weighted by molar-refractivity contribution is -0.302. The minimum atomic E-state index is -2.46. The summed E-state index contributed by atoms with van der Waals surface area (Å²) >= 11 is 0. The van der Waals surface area contributed by atoms with Crippen LogP contribution in [0, 0.1) is 17.8 Å². The number of cyclic esters (lactones) is 1. The maximum Gasteiger partial charge on any atom is 0.329 e. The number of carbonyl (C=O) groups is 3. The third-order valence-electron chi connectivity index (χ3n) is 12.8. The van der Waals surface area contributed by atoms with E-state index in [0.29, 0.717) is 50.0 Å². The molecule has 2 saturated heterocycles. The van der Waals surface area contributed by atoms with Gasteiger partial charge in [0, 0.05) is 51.7 Å². The molecule has 1 aromatic heterocycles. The minimum Gasteiger partial charge on any atom is -0.456 e. The van der Waals surface area contributed by atoms with Gasteiger partial charge in [0.2, 0.25) is 5.79 Å². The molecule has 322 valence electrons. The second kappa shape index (κ2) is 20.4. The Morgan fingerprint density at radius 3 is 2.35 bits per heavy atom. The van der Waals surface area contributed by atoms with Crippen molar-refractivity contribution in [2.45, 2.75) is 173 Å². The smallest absolute Gasteiger partial charge is 0.329 e. The lowest BCUT2D eigenvalue weighted by atomic mass is 9.82. The molecule has 2 N–H and O–H groups in total. The molecule has 13 nitrogen and oxygen atoms in total. The van der Waals surface area contributed by atoms with Crippen LogP contribution >= 0.6 is 0 Å². The molecule has 0 spiro atoms. The van der Waals surface area contributed by atoms with E-state index < -0.39 is 71.8 Å². The first-order valence-electron chi connectivity index (χ1n) is 20.7. The normalized spacial score (nSPS) is 38.9. The van der Waals surface area contributed by atoms with Gasteiger partial charge in [0.25, 0.3) is 11.7 Å². The molecule has 1 aromatic rings. The van der Waals surface area contributed by atoms with Crippen molar-refractivity contribution in [1.29, 1.82) is 0 Å². The largest absolute Gasteiger partial charge is 0.456 e. The Morgan fingerprint density at radius 2 is 1.68 bits per heavy atom. The van der Waals surface area contributed by atoms with Crippen LogP contribution in [0.25, 0.3) is 0 Å². The minimum absolute atomic E-state index is 0. The number of ketones is 1. The lowest BCUT2D eigenvalue weighted by Crippen LogP contribution is -2.64. The number of fused-ring (bicyclic) bond motifs is 5. The zero-order valence-corrected chi connectivity index (χ0v) is 34.9. The third kappa shape index (κ3) is 10.4. The van der Waals surface area contributed by atoms with Crippen molar-refractivity contribution in [2.75, 3.05) is 27.9 Å². The molecule has 5 rings (SSSR count). The Labute approximate surface area is 339 Å². The van der Waals surface area contributed by atoms with Gasteiger partial charge in [-0.1, -0.05) is 58.0 Å². The van der Waals surface area contributed by atoms with Crippen LogP contribution in [0.15, 0.2) is 33.9 Å². The summed E-state index contributed by atoms with van der Waals surface area (Å²) in [7, 11) is 4.73. The van der Waals surface area contributed by atoms with Crippen molar-refractivity contribution in [1.82, 2.24) is 10.1 Å². The van der Waals surface area contributed by atoms with Crippen LogP contribution in [0.2, 0.25) is 0 Å². The average molecular weight is 803 g/mol. The van der Waals surface area contributed by atoms with Crippen LogP contribution in [-0.4, -0.2) is 114 Å². The Balaban J connectivity index is 0.00000720. The quantitative estimate of drug-likeness (QED) is 0.185. The molecule has 1 aliphatic carbocycles. The molecule has 0 unspecified atom stereocenters. The van der Waals surface area contributed by atoms with E-state index in [1.807, 2.05) is 19.9 Å². The molecule has 0 radical (unpaired) electrons. The van der Waals surface area contributed by atoms with E-state index in [1.54, 1.807) is 28.3 Å². The second-order valence-electron chi connectivity index (χ2n) is 17.0. The Kier molecular flexibility index (Phi) is 16.7. The lowest BCUT2D eigenvalue weighted by Gasteiger charge is -2.47. The van der Waals surface area contributed by atoms with Crippen LogP contribution < -0.4 is 0 Å². The first-order chi connectivity index (χ1) is 26.6. The molecule has 13 heteroatoms. The number of esters is 1. The molecule has 1 amide bonds.